The summed E-state index contributed by atoms with van der Waals surface area (Å²) in [7, 11) is 2.02. The molecular formula is C14H21N5. The zero-order valence-electron chi connectivity index (χ0n) is 11.4. The highest BCUT2D eigenvalue weighted by Crippen LogP contribution is 2.22. The van der Waals surface area contributed by atoms with Gasteiger partial charge in [-0.15, -0.1) is 0 Å². The summed E-state index contributed by atoms with van der Waals surface area (Å²) in [5, 5.41) is 3.43. The fourth-order valence-corrected chi connectivity index (χ4v) is 2.72. The van der Waals surface area contributed by atoms with E-state index in [9.17, 15) is 0 Å². The molecule has 1 fully saturated rings. The molecule has 2 heterocycles. The zero-order valence-corrected chi connectivity index (χ0v) is 11.4. The lowest BCUT2D eigenvalue weighted by molar-refractivity contribution is 0.724. The van der Waals surface area contributed by atoms with Crippen LogP contribution < -0.4 is 16.0 Å². The van der Waals surface area contributed by atoms with Gasteiger partial charge in [0.2, 0.25) is 0 Å². The number of nitrogens with one attached hydrogen (secondary N) is 1. The molecule has 0 atom stereocenters. The van der Waals surface area contributed by atoms with Gasteiger partial charge in [0, 0.05) is 32.4 Å². The highest BCUT2D eigenvalue weighted by Gasteiger charge is 2.12. The van der Waals surface area contributed by atoms with Gasteiger partial charge >= 0.3 is 0 Å². The number of rotatable bonds is 2. The molecule has 5 heteroatoms. The fraction of sp³-hybridized carbons (Fsp3) is 0.500. The Morgan fingerprint density at radius 1 is 1.32 bits per heavy atom. The molecule has 5 nitrogen and oxygen atoms in total. The van der Waals surface area contributed by atoms with Crippen molar-refractivity contribution in [1.29, 1.82) is 0 Å². The first-order chi connectivity index (χ1) is 9.29. The van der Waals surface area contributed by atoms with Crippen molar-refractivity contribution in [3.05, 3.63) is 24.0 Å². The molecule has 2 aromatic rings. The SMILES string of the molecule is Cn1c(CN)nc2cc(N3CCCNCC3)ccc21. The highest BCUT2D eigenvalue weighted by molar-refractivity contribution is 5.80. The van der Waals surface area contributed by atoms with Gasteiger partial charge in [0.1, 0.15) is 5.82 Å². The molecule has 0 spiro atoms. The molecule has 1 aliphatic heterocycles. The summed E-state index contributed by atoms with van der Waals surface area (Å²) in [4.78, 5) is 7.03. The normalized spacial score (nSPS) is 16.8. The number of nitrogens with two attached hydrogens (primary N) is 1. The van der Waals surface area contributed by atoms with E-state index in [1.165, 1.54) is 12.1 Å². The van der Waals surface area contributed by atoms with Crippen LogP contribution >= 0.6 is 0 Å². The van der Waals surface area contributed by atoms with Gasteiger partial charge in [-0.1, -0.05) is 0 Å². The smallest absolute Gasteiger partial charge is 0.123 e. The first-order valence-corrected chi connectivity index (χ1v) is 6.90. The van der Waals surface area contributed by atoms with Crippen LogP contribution in [0.2, 0.25) is 0 Å². The number of aromatic nitrogens is 2. The fourth-order valence-electron chi connectivity index (χ4n) is 2.72. The largest absolute Gasteiger partial charge is 0.370 e. The van der Waals surface area contributed by atoms with Crippen molar-refractivity contribution in [3.63, 3.8) is 0 Å². The first kappa shape index (κ1) is 12.4. The number of benzene rings is 1. The number of fused-ring (bicyclic) bond motifs is 1. The molecule has 0 unspecified atom stereocenters. The summed E-state index contributed by atoms with van der Waals surface area (Å²) in [5.41, 5.74) is 9.17. The van der Waals surface area contributed by atoms with E-state index in [1.807, 2.05) is 7.05 Å². The van der Waals surface area contributed by atoms with Gasteiger partial charge in [0.15, 0.2) is 0 Å². The Kier molecular flexibility index (Phi) is 3.40. The second kappa shape index (κ2) is 5.19. The second-order valence-electron chi connectivity index (χ2n) is 5.05. The van der Waals surface area contributed by atoms with Crippen molar-refractivity contribution in [2.45, 2.75) is 13.0 Å². The summed E-state index contributed by atoms with van der Waals surface area (Å²) in [6.45, 7) is 4.80. The molecule has 19 heavy (non-hydrogen) atoms. The summed E-state index contributed by atoms with van der Waals surface area (Å²) >= 11 is 0. The van der Waals surface area contributed by atoms with Crippen LogP contribution in [0.15, 0.2) is 18.2 Å². The lowest BCUT2D eigenvalue weighted by Crippen LogP contribution is -2.27. The van der Waals surface area contributed by atoms with Crippen molar-refractivity contribution in [3.8, 4) is 0 Å². The minimum atomic E-state index is 0.480. The van der Waals surface area contributed by atoms with Crippen molar-refractivity contribution >= 4 is 16.7 Å². The van der Waals surface area contributed by atoms with Gasteiger partial charge in [-0.3, -0.25) is 0 Å². The topological polar surface area (TPSA) is 59.1 Å². The number of hydrogen-bond donors (Lipinski definition) is 2. The summed E-state index contributed by atoms with van der Waals surface area (Å²) < 4.78 is 2.07. The molecule has 0 bridgehead atoms. The minimum absolute atomic E-state index is 0.480. The molecule has 1 aromatic heterocycles. The number of hydrogen-bond acceptors (Lipinski definition) is 4. The van der Waals surface area contributed by atoms with Gasteiger partial charge in [0.05, 0.1) is 17.6 Å². The van der Waals surface area contributed by atoms with Crippen LogP contribution in [0.4, 0.5) is 5.69 Å². The Hall–Kier alpha value is -1.59. The summed E-state index contributed by atoms with van der Waals surface area (Å²) in [6.07, 6.45) is 1.19. The zero-order chi connectivity index (χ0) is 13.2. The second-order valence-corrected chi connectivity index (χ2v) is 5.05. The number of anilines is 1. The summed E-state index contributed by atoms with van der Waals surface area (Å²) in [6, 6.07) is 6.52. The number of imidazole rings is 1. The van der Waals surface area contributed by atoms with Crippen LogP contribution in [0.1, 0.15) is 12.2 Å². The van der Waals surface area contributed by atoms with Crippen LogP contribution in [0.5, 0.6) is 0 Å². The van der Waals surface area contributed by atoms with Crippen LogP contribution in [0, 0.1) is 0 Å². The lowest BCUT2D eigenvalue weighted by Gasteiger charge is -2.22. The summed E-state index contributed by atoms with van der Waals surface area (Å²) in [5.74, 6) is 0.935. The predicted molar refractivity (Wildman–Crippen MR) is 78.3 cm³/mol. The minimum Gasteiger partial charge on any atom is -0.370 e. The molecule has 3 N–H and O–H groups in total. The molecule has 0 aliphatic carbocycles. The maximum absolute atomic E-state index is 5.71. The standard InChI is InChI=1S/C14H21N5/c1-18-13-4-3-11(9-12(13)17-14(18)10-15)19-7-2-5-16-6-8-19/h3-4,9,16H,2,5-8,10,15H2,1H3. The molecule has 1 saturated heterocycles. The molecule has 1 aromatic carbocycles. The van der Waals surface area contributed by atoms with E-state index in [-0.39, 0.29) is 0 Å². The molecular weight excluding hydrogens is 238 g/mol. The third-order valence-corrected chi connectivity index (χ3v) is 3.84. The average Bonchev–Trinajstić information content (AvgIpc) is 2.63. The third kappa shape index (κ3) is 2.31. The van der Waals surface area contributed by atoms with E-state index in [0.717, 1.165) is 43.0 Å². The Morgan fingerprint density at radius 3 is 3.05 bits per heavy atom. The van der Waals surface area contributed by atoms with Crippen LogP contribution in [-0.2, 0) is 13.6 Å². The van der Waals surface area contributed by atoms with Gasteiger partial charge in [-0.25, -0.2) is 4.98 Å². The van der Waals surface area contributed by atoms with Gasteiger partial charge in [-0.05, 0) is 31.2 Å². The number of aryl methyl sites for hydroxylation is 1. The van der Waals surface area contributed by atoms with Crippen LogP contribution in [0.25, 0.3) is 11.0 Å². The van der Waals surface area contributed by atoms with Gasteiger partial charge in [-0.2, -0.15) is 0 Å². The van der Waals surface area contributed by atoms with Crippen molar-refractivity contribution in [2.24, 2.45) is 12.8 Å². The van der Waals surface area contributed by atoms with E-state index < -0.39 is 0 Å². The Morgan fingerprint density at radius 2 is 2.21 bits per heavy atom. The Bertz CT molecular complexity index is 566. The van der Waals surface area contributed by atoms with Crippen LogP contribution in [0.3, 0.4) is 0 Å². The first-order valence-electron chi connectivity index (χ1n) is 6.90. The molecule has 3 rings (SSSR count). The maximum atomic E-state index is 5.71. The monoisotopic (exact) mass is 259 g/mol. The van der Waals surface area contributed by atoms with E-state index in [0.29, 0.717) is 6.54 Å². The molecule has 0 amide bonds. The predicted octanol–water partition coefficient (Wildman–Crippen LogP) is 0.832. The molecule has 0 radical (unpaired) electrons. The quantitative estimate of drug-likeness (QED) is 0.839. The van der Waals surface area contributed by atoms with E-state index in [4.69, 9.17) is 5.73 Å². The van der Waals surface area contributed by atoms with Gasteiger partial charge in [0.25, 0.3) is 0 Å². The average molecular weight is 259 g/mol. The Balaban J connectivity index is 1.96. The van der Waals surface area contributed by atoms with Crippen molar-refractivity contribution in [1.82, 2.24) is 14.9 Å². The lowest BCUT2D eigenvalue weighted by atomic mass is 10.2. The molecule has 0 saturated carbocycles. The van der Waals surface area contributed by atoms with E-state index >= 15 is 0 Å². The maximum Gasteiger partial charge on any atom is 0.123 e. The van der Waals surface area contributed by atoms with Gasteiger partial charge < -0.3 is 20.5 Å². The van der Waals surface area contributed by atoms with Crippen LogP contribution in [-0.4, -0.2) is 35.7 Å². The third-order valence-electron chi connectivity index (χ3n) is 3.84. The van der Waals surface area contributed by atoms with E-state index in [1.54, 1.807) is 0 Å². The molecule has 102 valence electrons. The molecule has 1 aliphatic rings. The van der Waals surface area contributed by atoms with Crippen molar-refractivity contribution in [2.75, 3.05) is 31.1 Å². The highest BCUT2D eigenvalue weighted by atomic mass is 15.2. The van der Waals surface area contributed by atoms with Crippen molar-refractivity contribution < 1.29 is 0 Å². The van der Waals surface area contributed by atoms with E-state index in [2.05, 4.69) is 38.0 Å². The number of nitrogens with zero attached hydrogens (tertiary/aromatic N) is 3. The Labute approximate surface area is 113 Å².